The topological polar surface area (TPSA) is 25.8 Å². The van der Waals surface area contributed by atoms with Crippen molar-refractivity contribution in [3.05, 3.63) is 58.9 Å². The fourth-order valence-electron chi connectivity index (χ4n) is 3.19. The van der Waals surface area contributed by atoms with Crippen LogP contribution in [0.25, 0.3) is 31.9 Å². The number of rotatable bonds is 6. The van der Waals surface area contributed by atoms with Crippen molar-refractivity contribution < 1.29 is 4.39 Å². The second-order valence-corrected chi connectivity index (χ2v) is 9.11. The third-order valence-electron chi connectivity index (χ3n) is 5.16. The van der Waals surface area contributed by atoms with E-state index in [9.17, 15) is 4.39 Å². The van der Waals surface area contributed by atoms with Crippen molar-refractivity contribution in [3.63, 3.8) is 0 Å². The number of thiophene rings is 1. The van der Waals surface area contributed by atoms with E-state index >= 15 is 0 Å². The molecule has 0 bridgehead atoms. The molecular formula is C22H20ClFN2S2. The van der Waals surface area contributed by atoms with Crippen molar-refractivity contribution in [2.45, 2.75) is 33.1 Å². The van der Waals surface area contributed by atoms with Gasteiger partial charge in [-0.25, -0.2) is 4.39 Å². The van der Waals surface area contributed by atoms with E-state index in [4.69, 9.17) is 11.6 Å². The van der Waals surface area contributed by atoms with Gasteiger partial charge in [0.1, 0.15) is 16.9 Å². The number of halogens is 2. The Labute approximate surface area is 177 Å². The highest BCUT2D eigenvalue weighted by Crippen LogP contribution is 2.39. The van der Waals surface area contributed by atoms with Gasteiger partial charge in [0, 0.05) is 20.9 Å². The smallest absolute Gasteiger partial charge is 0.132 e. The molecule has 2 aromatic carbocycles. The molecule has 0 aliphatic heterocycles. The highest BCUT2D eigenvalue weighted by molar-refractivity contribution is 7.19. The van der Waals surface area contributed by atoms with Gasteiger partial charge in [0.15, 0.2) is 0 Å². The summed E-state index contributed by atoms with van der Waals surface area (Å²) in [5.41, 5.74) is 4.20. The zero-order valence-electron chi connectivity index (χ0n) is 15.7. The average Bonchev–Trinajstić information content (AvgIpc) is 3.37. The minimum Gasteiger partial charge on any atom is -0.206 e. The monoisotopic (exact) mass is 430 g/mol. The summed E-state index contributed by atoms with van der Waals surface area (Å²) < 4.78 is 23.4. The summed E-state index contributed by atoms with van der Waals surface area (Å²) in [6.07, 6.45) is 3.17. The van der Waals surface area contributed by atoms with Crippen LogP contribution in [-0.2, 0) is 6.42 Å². The lowest BCUT2D eigenvalue weighted by atomic mass is 9.98. The van der Waals surface area contributed by atoms with Crippen LogP contribution in [0.2, 0.25) is 5.02 Å². The number of hydrogen-bond donors (Lipinski definition) is 0. The van der Waals surface area contributed by atoms with Gasteiger partial charge in [0.05, 0.1) is 16.8 Å². The summed E-state index contributed by atoms with van der Waals surface area (Å²) in [5, 5.41) is 0.600. The van der Waals surface area contributed by atoms with Gasteiger partial charge in [0.25, 0.3) is 0 Å². The Morgan fingerprint density at radius 2 is 1.71 bits per heavy atom. The minimum atomic E-state index is -0.161. The number of fused-ring (bicyclic) bond motifs is 1. The normalized spacial score (nSPS) is 12.6. The maximum absolute atomic E-state index is 14.8. The van der Waals surface area contributed by atoms with Crippen molar-refractivity contribution >= 4 is 45.7 Å². The first-order valence-electron chi connectivity index (χ1n) is 9.36. The molecule has 0 spiro atoms. The molecule has 4 rings (SSSR count). The van der Waals surface area contributed by atoms with E-state index in [0.29, 0.717) is 16.5 Å². The molecular weight excluding hydrogens is 411 g/mol. The lowest BCUT2D eigenvalue weighted by molar-refractivity contribution is 0.515. The standard InChI is InChI=1S/C22H20ClFN2S2/c1-3-13(2)4-5-14-6-7-15(18(24)12-14)19-10-11-20(27-19)16-8-9-17(23)22-21(16)25-28-26-22/h6-13H,3-5H2,1-2H3. The van der Waals surface area contributed by atoms with Crippen LogP contribution < -0.4 is 0 Å². The SMILES string of the molecule is CCC(C)CCc1ccc(-c2ccc(-c3ccc(Cl)c4nsnc34)s2)c(F)c1. The zero-order chi connectivity index (χ0) is 19.7. The van der Waals surface area contributed by atoms with Crippen molar-refractivity contribution in [3.8, 4) is 20.9 Å². The number of aryl methyl sites for hydroxylation is 1. The highest BCUT2D eigenvalue weighted by Gasteiger charge is 2.15. The third kappa shape index (κ3) is 3.84. The van der Waals surface area contributed by atoms with E-state index in [0.717, 1.165) is 62.9 Å². The van der Waals surface area contributed by atoms with Crippen molar-refractivity contribution in [1.29, 1.82) is 0 Å². The molecule has 1 atom stereocenters. The second-order valence-electron chi connectivity index (χ2n) is 7.09. The summed E-state index contributed by atoms with van der Waals surface area (Å²) in [6.45, 7) is 4.43. The molecule has 0 aliphatic carbocycles. The average molecular weight is 431 g/mol. The zero-order valence-corrected chi connectivity index (χ0v) is 18.1. The molecule has 6 heteroatoms. The predicted molar refractivity (Wildman–Crippen MR) is 119 cm³/mol. The summed E-state index contributed by atoms with van der Waals surface area (Å²) in [4.78, 5) is 1.94. The molecule has 28 heavy (non-hydrogen) atoms. The van der Waals surface area contributed by atoms with E-state index < -0.39 is 0 Å². The predicted octanol–water partition coefficient (Wildman–Crippen LogP) is 7.86. The van der Waals surface area contributed by atoms with Crippen molar-refractivity contribution in [2.24, 2.45) is 5.92 Å². The van der Waals surface area contributed by atoms with Gasteiger partial charge in [-0.2, -0.15) is 8.75 Å². The van der Waals surface area contributed by atoms with Crippen LogP contribution in [0.3, 0.4) is 0 Å². The molecule has 144 valence electrons. The number of benzene rings is 2. The molecule has 0 fully saturated rings. The van der Waals surface area contributed by atoms with E-state index in [2.05, 4.69) is 22.6 Å². The van der Waals surface area contributed by atoms with Crippen molar-refractivity contribution in [2.75, 3.05) is 0 Å². The van der Waals surface area contributed by atoms with Crippen LogP contribution in [-0.4, -0.2) is 8.75 Å². The third-order valence-corrected chi connectivity index (χ3v) is 7.14. The molecule has 0 N–H and O–H groups in total. The Kier molecular flexibility index (Phi) is 5.76. The van der Waals surface area contributed by atoms with Gasteiger partial charge in [-0.15, -0.1) is 11.3 Å². The maximum Gasteiger partial charge on any atom is 0.132 e. The van der Waals surface area contributed by atoms with Gasteiger partial charge in [0.2, 0.25) is 0 Å². The molecule has 4 aromatic rings. The number of nitrogens with zero attached hydrogens (tertiary/aromatic N) is 2. The summed E-state index contributed by atoms with van der Waals surface area (Å²) in [5.74, 6) is 0.505. The quantitative estimate of drug-likeness (QED) is 0.311. The van der Waals surface area contributed by atoms with Crippen LogP contribution >= 0.6 is 34.7 Å². The van der Waals surface area contributed by atoms with E-state index in [1.165, 1.54) is 0 Å². The summed E-state index contributed by atoms with van der Waals surface area (Å²) in [6, 6.07) is 13.4. The molecule has 0 saturated heterocycles. The van der Waals surface area contributed by atoms with Crippen LogP contribution in [0.5, 0.6) is 0 Å². The van der Waals surface area contributed by atoms with Crippen LogP contribution in [0.1, 0.15) is 32.3 Å². The number of hydrogen-bond acceptors (Lipinski definition) is 4. The first-order valence-corrected chi connectivity index (χ1v) is 11.3. The van der Waals surface area contributed by atoms with Gasteiger partial charge in [-0.1, -0.05) is 44.0 Å². The Hall–Kier alpha value is -1.82. The minimum absolute atomic E-state index is 0.161. The summed E-state index contributed by atoms with van der Waals surface area (Å²) >= 11 is 8.92. The lowest BCUT2D eigenvalue weighted by Gasteiger charge is -2.09. The van der Waals surface area contributed by atoms with Gasteiger partial charge >= 0.3 is 0 Å². The molecule has 2 heterocycles. The van der Waals surface area contributed by atoms with Gasteiger partial charge < -0.3 is 0 Å². The van der Waals surface area contributed by atoms with E-state index in [1.54, 1.807) is 17.4 Å². The molecule has 0 radical (unpaired) electrons. The summed E-state index contributed by atoms with van der Waals surface area (Å²) in [7, 11) is 0. The first kappa shape index (κ1) is 19.5. The van der Waals surface area contributed by atoms with Crippen LogP contribution in [0.15, 0.2) is 42.5 Å². The first-order chi connectivity index (χ1) is 13.6. The van der Waals surface area contributed by atoms with Crippen LogP contribution in [0.4, 0.5) is 4.39 Å². The van der Waals surface area contributed by atoms with Crippen molar-refractivity contribution in [1.82, 2.24) is 8.75 Å². The highest BCUT2D eigenvalue weighted by atomic mass is 35.5. The Morgan fingerprint density at radius 1 is 1.00 bits per heavy atom. The largest absolute Gasteiger partial charge is 0.206 e. The molecule has 0 amide bonds. The fourth-order valence-corrected chi connectivity index (χ4v) is 5.07. The van der Waals surface area contributed by atoms with E-state index in [-0.39, 0.29) is 5.82 Å². The molecule has 2 aromatic heterocycles. The molecule has 0 saturated carbocycles. The maximum atomic E-state index is 14.8. The lowest BCUT2D eigenvalue weighted by Crippen LogP contribution is -1.96. The molecule has 1 unspecified atom stereocenters. The Bertz CT molecular complexity index is 1120. The number of aromatic nitrogens is 2. The van der Waals surface area contributed by atoms with Crippen LogP contribution in [0, 0.1) is 11.7 Å². The molecule has 2 nitrogen and oxygen atoms in total. The Balaban J connectivity index is 1.62. The van der Waals surface area contributed by atoms with Gasteiger partial charge in [-0.3, -0.25) is 0 Å². The second kappa shape index (κ2) is 8.27. The van der Waals surface area contributed by atoms with E-state index in [1.807, 2.05) is 36.4 Å². The fraction of sp³-hybridized carbons (Fsp3) is 0.273. The van der Waals surface area contributed by atoms with Gasteiger partial charge in [-0.05, 0) is 54.7 Å². The Morgan fingerprint density at radius 3 is 2.46 bits per heavy atom. The molecule has 0 aliphatic rings.